The maximum atomic E-state index is 5.04. The molecule has 0 heterocycles. The fraction of sp³-hybridized carbons (Fsp3) is 0.250. The van der Waals surface area contributed by atoms with Crippen molar-refractivity contribution in [3.05, 3.63) is 29.3 Å². The first kappa shape index (κ1) is 29.2. The molecule has 0 aliphatic heterocycles. The number of halogens is 5. The molecule has 0 saturated carbocycles. The molecule has 0 aliphatic carbocycles. The van der Waals surface area contributed by atoms with Crippen LogP contribution in [-0.4, -0.2) is 0 Å². The highest BCUT2D eigenvalue weighted by atomic mass is 35.5. The first-order valence-electron chi connectivity index (χ1n) is 2.95. The minimum atomic E-state index is 0. The van der Waals surface area contributed by atoms with Gasteiger partial charge in [0.2, 0.25) is 0 Å². The Morgan fingerprint density at radius 2 is 1.36 bits per heavy atom. The smallest absolute Gasteiger partial charge is 0.0408 e. The van der Waals surface area contributed by atoms with Crippen LogP contribution in [0.2, 0.25) is 0 Å². The van der Waals surface area contributed by atoms with Gasteiger partial charge in [0.15, 0.2) is 0 Å². The van der Waals surface area contributed by atoms with E-state index in [1.54, 1.807) is 0 Å². The summed E-state index contributed by atoms with van der Waals surface area (Å²) in [5.74, 6) is 0. The van der Waals surface area contributed by atoms with Crippen molar-refractivity contribution in [3.8, 4) is 0 Å². The summed E-state index contributed by atoms with van der Waals surface area (Å²) >= 11 is 5.04. The minimum Gasteiger partial charge on any atom is -0.269 e. The van der Waals surface area contributed by atoms with E-state index < -0.39 is 0 Å². The third-order valence-corrected chi connectivity index (χ3v) is 2.00. The maximum absolute atomic E-state index is 5.04. The van der Waals surface area contributed by atoms with Gasteiger partial charge in [-0.1, -0.05) is 24.8 Å². The van der Waals surface area contributed by atoms with Gasteiger partial charge in [-0.25, -0.2) is 0 Å². The van der Waals surface area contributed by atoms with Gasteiger partial charge in [-0.05, 0) is 31.0 Å². The molecule has 0 aromatic heterocycles. The summed E-state index contributed by atoms with van der Waals surface area (Å²) in [6.07, 6.45) is 0. The van der Waals surface area contributed by atoms with Crippen LogP contribution in [0.25, 0.3) is 0 Å². The summed E-state index contributed by atoms with van der Waals surface area (Å²) in [6.45, 7) is 4.13. The van der Waals surface area contributed by atoms with Crippen molar-refractivity contribution in [2.75, 3.05) is 0 Å². The Morgan fingerprint density at radius 3 is 1.64 bits per heavy atom. The molecule has 0 atom stereocenters. The highest BCUT2D eigenvalue weighted by molar-refractivity contribution is 7.80. The molecule has 0 fully saturated rings. The first-order chi connectivity index (χ1) is 4.22. The normalized spacial score (nSPS) is 6.14. The minimum absolute atomic E-state index is 0. The molecule has 0 spiro atoms. The Hall–Kier alpha value is -0.550. The molecule has 1 aromatic carbocycles. The topological polar surface area (TPSA) is 0 Å². The van der Waals surface area contributed by atoms with Gasteiger partial charge in [0.1, 0.15) is 0 Å². The summed E-state index contributed by atoms with van der Waals surface area (Å²) < 4.78 is 0. The number of rotatable bonds is 0. The summed E-state index contributed by atoms with van der Waals surface area (Å²) in [5.41, 5.74) is 2.51. The van der Waals surface area contributed by atoms with E-state index in [9.17, 15) is 0 Å². The van der Waals surface area contributed by atoms with Gasteiger partial charge in [0, 0.05) is 4.90 Å². The molecule has 0 bridgehead atoms. The molecule has 87 valence electrons. The molecule has 1 aromatic rings. The van der Waals surface area contributed by atoms with Gasteiger partial charge in [0.25, 0.3) is 0 Å². The number of benzene rings is 1. The summed E-state index contributed by atoms with van der Waals surface area (Å²) in [4.78, 5) is 0.968. The fourth-order valence-corrected chi connectivity index (χ4v) is 0.964. The highest BCUT2D eigenvalue weighted by Gasteiger charge is 1.93. The van der Waals surface area contributed by atoms with Crippen LogP contribution in [0.3, 0.4) is 0 Å². The van der Waals surface area contributed by atoms with Gasteiger partial charge < -0.3 is 0 Å². The van der Waals surface area contributed by atoms with Gasteiger partial charge in [-0.15, -0.1) is 12.4 Å². The third kappa shape index (κ3) is 6.91. The van der Waals surface area contributed by atoms with Crippen LogP contribution in [0.5, 0.6) is 0 Å². The van der Waals surface area contributed by atoms with E-state index in [4.69, 9.17) is 12.6 Å². The monoisotopic (exact) mass is 253 g/mol. The zero-order valence-electron chi connectivity index (χ0n) is 7.68. The summed E-state index contributed by atoms with van der Waals surface area (Å²) in [7, 11) is 0. The van der Waals surface area contributed by atoms with Crippen molar-refractivity contribution in [1.29, 1.82) is 0 Å². The van der Waals surface area contributed by atoms with Crippen LogP contribution >= 0.6 is 25.0 Å². The fourth-order valence-electron chi connectivity index (χ4n) is 0.724. The summed E-state index contributed by atoms with van der Waals surface area (Å²) in [5, 5.41) is 0. The molecular weight excluding hydrogens is 240 g/mol. The van der Waals surface area contributed by atoms with E-state index in [-0.39, 0.29) is 31.2 Å². The van der Waals surface area contributed by atoms with Crippen molar-refractivity contribution in [2.24, 2.45) is 0 Å². The largest absolute Gasteiger partial charge is 0.269 e. The summed E-state index contributed by atoms with van der Waals surface area (Å²) in [6, 6.07) is 6.02. The molecule has 6 heteroatoms. The lowest BCUT2D eigenvalue weighted by Gasteiger charge is -1.98. The standard InChI is InChI=1S/C8H9S.ClH.4FH/c1-6-4-3-5-8(9)7(6)2;;;;;/h3-5H,1-2H3;5*1H. The number of aryl methyl sites for hydroxylation is 1. The van der Waals surface area contributed by atoms with E-state index in [1.165, 1.54) is 11.1 Å². The molecule has 0 N–H and O–H groups in total. The SMILES string of the molecule is Cc1cccc([S])c1C.Cl.F.F.F.F. The van der Waals surface area contributed by atoms with Crippen molar-refractivity contribution < 1.29 is 18.8 Å². The Kier molecular flexibility index (Phi) is 26.0. The Morgan fingerprint density at radius 1 is 0.929 bits per heavy atom. The second-order valence-corrected chi connectivity index (χ2v) is 2.64. The van der Waals surface area contributed by atoms with Crippen LogP contribution in [0.15, 0.2) is 23.1 Å². The lowest BCUT2D eigenvalue weighted by Crippen LogP contribution is -1.79. The van der Waals surface area contributed by atoms with E-state index in [0.717, 1.165) is 4.90 Å². The average Bonchev–Trinajstić information content (AvgIpc) is 1.83. The van der Waals surface area contributed by atoms with Crippen LogP contribution in [0, 0.1) is 13.8 Å². The molecule has 1 radical (unpaired) electrons. The van der Waals surface area contributed by atoms with Crippen molar-refractivity contribution in [2.45, 2.75) is 18.7 Å². The molecule has 0 unspecified atom stereocenters. The Balaban J connectivity index is -0.0000000540. The van der Waals surface area contributed by atoms with E-state index >= 15 is 0 Å². The Bertz CT molecular complexity index is 212. The second kappa shape index (κ2) is 12.4. The van der Waals surface area contributed by atoms with E-state index in [0.29, 0.717) is 0 Å². The van der Waals surface area contributed by atoms with Crippen molar-refractivity contribution in [1.82, 2.24) is 0 Å². The quantitative estimate of drug-likeness (QED) is 0.616. The lowest BCUT2D eigenvalue weighted by atomic mass is 10.1. The number of hydrogen-bond donors (Lipinski definition) is 0. The zero-order chi connectivity index (χ0) is 6.85. The maximum Gasteiger partial charge on any atom is 0.0408 e. The molecule has 0 saturated heterocycles. The van der Waals surface area contributed by atoms with Crippen LogP contribution in [0.4, 0.5) is 18.8 Å². The van der Waals surface area contributed by atoms with Gasteiger partial charge in [-0.3, -0.25) is 18.8 Å². The van der Waals surface area contributed by atoms with Crippen molar-refractivity contribution >= 4 is 25.0 Å². The van der Waals surface area contributed by atoms with Gasteiger partial charge >= 0.3 is 0 Å². The molecule has 0 amide bonds. The molecular formula is C8H14ClF4S. The molecule has 14 heavy (non-hydrogen) atoms. The van der Waals surface area contributed by atoms with Crippen LogP contribution in [0.1, 0.15) is 11.1 Å². The molecule has 0 aliphatic rings. The molecule has 0 nitrogen and oxygen atoms in total. The average molecular weight is 254 g/mol. The predicted molar refractivity (Wildman–Crippen MR) is 59.0 cm³/mol. The van der Waals surface area contributed by atoms with Crippen LogP contribution < -0.4 is 0 Å². The lowest BCUT2D eigenvalue weighted by molar-refractivity contribution is 1.11. The highest BCUT2D eigenvalue weighted by Crippen LogP contribution is 2.15. The van der Waals surface area contributed by atoms with Gasteiger partial charge in [-0.2, -0.15) is 0 Å². The van der Waals surface area contributed by atoms with Gasteiger partial charge in [0.05, 0.1) is 0 Å². The van der Waals surface area contributed by atoms with Crippen molar-refractivity contribution in [3.63, 3.8) is 0 Å². The first-order valence-corrected chi connectivity index (χ1v) is 3.36. The van der Waals surface area contributed by atoms with E-state index in [2.05, 4.69) is 19.9 Å². The number of hydrogen-bond acceptors (Lipinski definition) is 0. The van der Waals surface area contributed by atoms with E-state index in [1.807, 2.05) is 12.1 Å². The zero-order valence-corrected chi connectivity index (χ0v) is 9.31. The predicted octanol–water partition coefficient (Wildman–Crippen LogP) is 3.89. The molecule has 1 rings (SSSR count). The third-order valence-electron chi connectivity index (χ3n) is 1.55. The second-order valence-electron chi connectivity index (χ2n) is 2.20. The Labute approximate surface area is 92.4 Å². The van der Waals surface area contributed by atoms with Crippen LogP contribution in [-0.2, 0) is 0 Å².